The summed E-state index contributed by atoms with van der Waals surface area (Å²) in [5, 5.41) is 13.8. The van der Waals surface area contributed by atoms with Crippen LogP contribution in [0.3, 0.4) is 0 Å². The summed E-state index contributed by atoms with van der Waals surface area (Å²) < 4.78 is 3.94. The molecular weight excluding hydrogens is 398 g/mol. The Balaban J connectivity index is 1.46. The van der Waals surface area contributed by atoms with Crippen molar-refractivity contribution in [2.45, 2.75) is 39.9 Å². The van der Waals surface area contributed by atoms with Crippen molar-refractivity contribution in [3.8, 4) is 0 Å². The van der Waals surface area contributed by atoms with Gasteiger partial charge < -0.3 is 5.32 Å². The second-order valence-electron chi connectivity index (χ2n) is 7.66. The van der Waals surface area contributed by atoms with E-state index in [1.165, 1.54) is 0 Å². The highest BCUT2D eigenvalue weighted by Crippen LogP contribution is 2.18. The van der Waals surface area contributed by atoms with Gasteiger partial charge in [0.1, 0.15) is 0 Å². The first-order valence-corrected chi connectivity index (χ1v) is 10.3. The van der Waals surface area contributed by atoms with Crippen molar-refractivity contribution >= 4 is 28.4 Å². The lowest BCUT2D eigenvalue weighted by molar-refractivity contribution is 0.0951. The van der Waals surface area contributed by atoms with Gasteiger partial charge in [0.25, 0.3) is 5.91 Å². The number of hydrogen-bond acceptors (Lipinski definition) is 3. The number of fused-ring (bicyclic) bond motifs is 1. The molecular formula is C23H24ClN5O. The second kappa shape index (κ2) is 8.32. The number of benzene rings is 2. The van der Waals surface area contributed by atoms with E-state index in [-0.39, 0.29) is 11.9 Å². The van der Waals surface area contributed by atoms with Gasteiger partial charge in [0.15, 0.2) is 0 Å². The third kappa shape index (κ3) is 4.39. The van der Waals surface area contributed by atoms with Gasteiger partial charge in [-0.25, -0.2) is 0 Å². The molecule has 6 nitrogen and oxygen atoms in total. The minimum absolute atomic E-state index is 0.137. The van der Waals surface area contributed by atoms with Gasteiger partial charge in [-0.2, -0.15) is 10.2 Å². The van der Waals surface area contributed by atoms with E-state index >= 15 is 0 Å². The highest BCUT2D eigenvalue weighted by Gasteiger charge is 2.13. The zero-order valence-electron chi connectivity index (χ0n) is 17.3. The van der Waals surface area contributed by atoms with Crippen molar-refractivity contribution in [1.29, 1.82) is 0 Å². The molecule has 2 heterocycles. The predicted octanol–water partition coefficient (Wildman–Crippen LogP) is 4.69. The smallest absolute Gasteiger partial charge is 0.251 e. The van der Waals surface area contributed by atoms with Crippen LogP contribution in [0.25, 0.3) is 10.9 Å². The minimum atomic E-state index is -0.137. The van der Waals surface area contributed by atoms with Gasteiger partial charge in [0, 0.05) is 34.4 Å². The molecule has 30 heavy (non-hydrogen) atoms. The Hall–Kier alpha value is -3.12. The summed E-state index contributed by atoms with van der Waals surface area (Å²) in [7, 11) is 0. The average Bonchev–Trinajstić information content (AvgIpc) is 3.26. The van der Waals surface area contributed by atoms with Crippen LogP contribution in [0.4, 0.5) is 0 Å². The van der Waals surface area contributed by atoms with Gasteiger partial charge in [-0.15, -0.1) is 0 Å². The van der Waals surface area contributed by atoms with Crippen LogP contribution in [-0.4, -0.2) is 25.5 Å². The third-order valence-corrected chi connectivity index (χ3v) is 5.31. The van der Waals surface area contributed by atoms with Crippen molar-refractivity contribution in [2.75, 3.05) is 0 Å². The van der Waals surface area contributed by atoms with Crippen molar-refractivity contribution in [2.24, 2.45) is 0 Å². The van der Waals surface area contributed by atoms with Crippen LogP contribution in [0.1, 0.15) is 40.3 Å². The van der Waals surface area contributed by atoms with Gasteiger partial charge in [-0.1, -0.05) is 29.8 Å². The fourth-order valence-electron chi connectivity index (χ4n) is 3.67. The molecule has 0 aliphatic rings. The van der Waals surface area contributed by atoms with Gasteiger partial charge >= 0.3 is 0 Å². The summed E-state index contributed by atoms with van der Waals surface area (Å²) in [5.74, 6) is -0.137. The van der Waals surface area contributed by atoms with Gasteiger partial charge in [0.2, 0.25) is 0 Å². The van der Waals surface area contributed by atoms with Crippen molar-refractivity contribution in [1.82, 2.24) is 24.9 Å². The van der Waals surface area contributed by atoms with E-state index in [1.54, 1.807) is 0 Å². The number of nitrogens with zero attached hydrogens (tertiary/aromatic N) is 4. The normalized spacial score (nSPS) is 12.3. The zero-order valence-corrected chi connectivity index (χ0v) is 18.0. The maximum atomic E-state index is 12.6. The molecule has 0 radical (unpaired) electrons. The molecule has 0 aliphatic carbocycles. The molecule has 0 fully saturated rings. The second-order valence-corrected chi connectivity index (χ2v) is 8.09. The highest BCUT2D eigenvalue weighted by molar-refractivity contribution is 6.30. The van der Waals surface area contributed by atoms with Crippen LogP contribution in [0.15, 0.2) is 54.7 Å². The lowest BCUT2D eigenvalue weighted by Gasteiger charge is -2.14. The van der Waals surface area contributed by atoms with Crippen molar-refractivity contribution < 1.29 is 4.79 Å². The fraction of sp³-hybridized carbons (Fsp3) is 0.261. The van der Waals surface area contributed by atoms with Crippen LogP contribution in [0.2, 0.25) is 5.02 Å². The molecule has 0 spiro atoms. The molecule has 0 aliphatic heterocycles. The van der Waals surface area contributed by atoms with Crippen LogP contribution in [0.5, 0.6) is 0 Å². The van der Waals surface area contributed by atoms with E-state index in [2.05, 4.69) is 35.4 Å². The molecule has 0 saturated heterocycles. The van der Waals surface area contributed by atoms with E-state index in [1.807, 2.05) is 64.9 Å². The molecule has 1 unspecified atom stereocenters. The quantitative estimate of drug-likeness (QED) is 0.491. The Bertz CT molecular complexity index is 1210. The van der Waals surface area contributed by atoms with E-state index in [0.29, 0.717) is 23.7 Å². The number of hydrogen-bond donors (Lipinski definition) is 1. The van der Waals surface area contributed by atoms with Crippen LogP contribution in [-0.2, 0) is 13.1 Å². The number of halogens is 1. The maximum absolute atomic E-state index is 12.6. The highest BCUT2D eigenvalue weighted by atomic mass is 35.5. The van der Waals surface area contributed by atoms with E-state index in [9.17, 15) is 4.79 Å². The average molecular weight is 422 g/mol. The Morgan fingerprint density at radius 1 is 1.13 bits per heavy atom. The number of rotatable bonds is 6. The lowest BCUT2D eigenvalue weighted by atomic mass is 10.1. The Morgan fingerprint density at radius 3 is 2.70 bits per heavy atom. The van der Waals surface area contributed by atoms with Gasteiger partial charge in [-0.05, 0) is 56.7 Å². The van der Waals surface area contributed by atoms with E-state index in [4.69, 9.17) is 11.6 Å². The summed E-state index contributed by atoms with van der Waals surface area (Å²) in [6, 6.07) is 15.3. The van der Waals surface area contributed by atoms with E-state index in [0.717, 1.165) is 27.9 Å². The Kier molecular flexibility index (Phi) is 5.59. The molecule has 4 rings (SSSR count). The summed E-state index contributed by atoms with van der Waals surface area (Å²) in [6.07, 6.45) is 2.01. The standard InChI is InChI=1S/C23H24ClN5O/c1-15-9-16(2)29(26-15)17(3)13-28-14-20-8-7-19(11-22(20)27-28)23(30)25-12-18-5-4-6-21(24)10-18/h4-11,14,17H,12-13H2,1-3H3,(H,25,30). The number of carbonyl (C=O) groups is 1. The molecule has 1 amide bonds. The third-order valence-electron chi connectivity index (χ3n) is 5.07. The Morgan fingerprint density at radius 2 is 1.97 bits per heavy atom. The molecule has 1 N–H and O–H groups in total. The monoisotopic (exact) mass is 421 g/mol. The minimum Gasteiger partial charge on any atom is -0.348 e. The number of aryl methyl sites for hydroxylation is 2. The summed E-state index contributed by atoms with van der Waals surface area (Å²) in [4.78, 5) is 12.6. The number of aromatic nitrogens is 4. The van der Waals surface area contributed by atoms with Crippen LogP contribution in [0, 0.1) is 13.8 Å². The van der Waals surface area contributed by atoms with Gasteiger partial charge in [0.05, 0.1) is 23.8 Å². The maximum Gasteiger partial charge on any atom is 0.251 e. The van der Waals surface area contributed by atoms with Gasteiger partial charge in [-0.3, -0.25) is 14.2 Å². The zero-order chi connectivity index (χ0) is 21.3. The summed E-state index contributed by atoms with van der Waals surface area (Å²) >= 11 is 6.00. The number of amides is 1. The van der Waals surface area contributed by atoms with E-state index < -0.39 is 0 Å². The summed E-state index contributed by atoms with van der Waals surface area (Å²) in [5.41, 5.74) is 4.49. The molecule has 2 aromatic carbocycles. The summed E-state index contributed by atoms with van der Waals surface area (Å²) in [6.45, 7) is 7.31. The number of nitrogens with one attached hydrogen (secondary N) is 1. The lowest BCUT2D eigenvalue weighted by Crippen LogP contribution is -2.22. The topological polar surface area (TPSA) is 64.7 Å². The molecule has 7 heteroatoms. The molecule has 0 bridgehead atoms. The molecule has 1 atom stereocenters. The van der Waals surface area contributed by atoms with Crippen molar-refractivity contribution in [3.63, 3.8) is 0 Å². The first-order chi connectivity index (χ1) is 14.4. The molecule has 154 valence electrons. The van der Waals surface area contributed by atoms with Crippen molar-refractivity contribution in [3.05, 3.63) is 82.3 Å². The predicted molar refractivity (Wildman–Crippen MR) is 119 cm³/mol. The first-order valence-electron chi connectivity index (χ1n) is 9.91. The largest absolute Gasteiger partial charge is 0.348 e. The molecule has 0 saturated carbocycles. The fourth-order valence-corrected chi connectivity index (χ4v) is 3.89. The van der Waals surface area contributed by atoms with Crippen LogP contribution >= 0.6 is 11.6 Å². The molecule has 2 aromatic heterocycles. The Labute approximate surface area is 180 Å². The van der Waals surface area contributed by atoms with Crippen LogP contribution < -0.4 is 5.32 Å². The molecule has 4 aromatic rings. The number of carbonyl (C=O) groups excluding carboxylic acids is 1. The first kappa shape index (κ1) is 20.2. The SMILES string of the molecule is Cc1cc(C)n(C(C)Cn2cc3ccc(C(=O)NCc4cccc(Cl)c4)cc3n2)n1.